The molecule has 0 atom stereocenters. The van der Waals surface area contributed by atoms with Crippen molar-refractivity contribution in [1.29, 1.82) is 0 Å². The number of hydrogen-bond acceptors (Lipinski definition) is 1. The third kappa shape index (κ3) is 3.02. The predicted octanol–water partition coefficient (Wildman–Crippen LogP) is 8.53. The van der Waals surface area contributed by atoms with E-state index in [9.17, 15) is 0 Å². The Morgan fingerprint density at radius 2 is 1.30 bits per heavy atom. The van der Waals surface area contributed by atoms with Crippen molar-refractivity contribution in [2.45, 2.75) is 33.1 Å². The summed E-state index contributed by atoms with van der Waals surface area (Å²) >= 11 is 0. The Bertz CT molecular complexity index is 1380. The average molecular weight is 391 g/mol. The molecule has 30 heavy (non-hydrogen) atoms. The molecule has 0 aliphatic rings. The van der Waals surface area contributed by atoms with Gasteiger partial charge in [0.1, 0.15) is 11.2 Å². The van der Waals surface area contributed by atoms with Crippen LogP contribution in [0.2, 0.25) is 0 Å². The molecule has 0 unspecified atom stereocenters. The SMILES string of the molecule is Cc1cccc(-c2cccc(-c3cccc4c3oc3ccccc34)c2C(C)(C)C)c1. The van der Waals surface area contributed by atoms with Gasteiger partial charge in [0.15, 0.2) is 0 Å². The van der Waals surface area contributed by atoms with Gasteiger partial charge < -0.3 is 4.42 Å². The van der Waals surface area contributed by atoms with E-state index in [0.29, 0.717) is 0 Å². The maximum atomic E-state index is 6.37. The van der Waals surface area contributed by atoms with E-state index in [1.807, 2.05) is 12.1 Å². The van der Waals surface area contributed by atoms with Gasteiger partial charge in [0.2, 0.25) is 0 Å². The third-order valence-corrected chi connectivity index (χ3v) is 5.84. The second-order valence-corrected chi connectivity index (χ2v) is 9.13. The molecule has 0 amide bonds. The lowest BCUT2D eigenvalue weighted by Crippen LogP contribution is -2.14. The van der Waals surface area contributed by atoms with Crippen molar-refractivity contribution >= 4 is 21.9 Å². The monoisotopic (exact) mass is 390 g/mol. The van der Waals surface area contributed by atoms with Crippen LogP contribution >= 0.6 is 0 Å². The van der Waals surface area contributed by atoms with Gasteiger partial charge in [-0.15, -0.1) is 0 Å². The minimum Gasteiger partial charge on any atom is -0.455 e. The van der Waals surface area contributed by atoms with E-state index in [2.05, 4.69) is 100 Å². The quantitative estimate of drug-likeness (QED) is 0.294. The number of hydrogen-bond donors (Lipinski definition) is 0. The van der Waals surface area contributed by atoms with Crippen molar-refractivity contribution in [2.75, 3.05) is 0 Å². The maximum Gasteiger partial charge on any atom is 0.143 e. The van der Waals surface area contributed by atoms with Crippen molar-refractivity contribution in [1.82, 2.24) is 0 Å². The van der Waals surface area contributed by atoms with E-state index < -0.39 is 0 Å². The van der Waals surface area contributed by atoms with E-state index >= 15 is 0 Å². The molecule has 0 saturated carbocycles. The molecule has 0 aliphatic heterocycles. The molecule has 1 nitrogen and oxygen atoms in total. The molecule has 0 aliphatic carbocycles. The lowest BCUT2D eigenvalue weighted by Gasteiger charge is -2.27. The summed E-state index contributed by atoms with van der Waals surface area (Å²) < 4.78 is 6.37. The van der Waals surface area contributed by atoms with Crippen LogP contribution in [0.5, 0.6) is 0 Å². The van der Waals surface area contributed by atoms with Gasteiger partial charge in [0.05, 0.1) is 0 Å². The highest BCUT2D eigenvalue weighted by atomic mass is 16.3. The van der Waals surface area contributed by atoms with E-state index in [0.717, 1.165) is 16.7 Å². The Balaban J connectivity index is 1.85. The molecule has 1 aromatic heterocycles. The Labute approximate surface area is 178 Å². The highest BCUT2D eigenvalue weighted by molar-refractivity contribution is 6.10. The normalized spacial score (nSPS) is 12.0. The second kappa shape index (κ2) is 6.88. The van der Waals surface area contributed by atoms with Crippen molar-refractivity contribution < 1.29 is 4.42 Å². The number of para-hydroxylation sites is 2. The van der Waals surface area contributed by atoms with Crippen LogP contribution in [0, 0.1) is 6.92 Å². The Morgan fingerprint density at radius 3 is 2.10 bits per heavy atom. The van der Waals surface area contributed by atoms with E-state index in [4.69, 9.17) is 4.42 Å². The summed E-state index contributed by atoms with van der Waals surface area (Å²) in [6.07, 6.45) is 0. The first-order valence-electron chi connectivity index (χ1n) is 10.5. The summed E-state index contributed by atoms with van der Waals surface area (Å²) in [4.78, 5) is 0. The minimum atomic E-state index is -0.0240. The largest absolute Gasteiger partial charge is 0.455 e. The van der Waals surface area contributed by atoms with Gasteiger partial charge in [-0.1, -0.05) is 105 Å². The van der Waals surface area contributed by atoms with Gasteiger partial charge in [-0.25, -0.2) is 0 Å². The molecule has 5 rings (SSSR count). The number of fused-ring (bicyclic) bond motifs is 3. The zero-order valence-electron chi connectivity index (χ0n) is 18.0. The van der Waals surface area contributed by atoms with Crippen molar-refractivity contribution in [2.24, 2.45) is 0 Å². The van der Waals surface area contributed by atoms with E-state index in [-0.39, 0.29) is 5.41 Å². The van der Waals surface area contributed by atoms with Crippen LogP contribution in [0.4, 0.5) is 0 Å². The first-order chi connectivity index (χ1) is 14.4. The molecule has 1 heterocycles. The van der Waals surface area contributed by atoms with Gasteiger partial charge in [-0.05, 0) is 40.7 Å². The molecule has 0 bridgehead atoms. The van der Waals surface area contributed by atoms with Crippen LogP contribution in [0.15, 0.2) is 89.3 Å². The molecule has 4 aromatic carbocycles. The average Bonchev–Trinajstić information content (AvgIpc) is 3.11. The van der Waals surface area contributed by atoms with Crippen molar-refractivity contribution in [3.63, 3.8) is 0 Å². The first-order valence-corrected chi connectivity index (χ1v) is 10.5. The smallest absolute Gasteiger partial charge is 0.143 e. The van der Waals surface area contributed by atoms with Gasteiger partial charge in [0.25, 0.3) is 0 Å². The number of aryl methyl sites for hydroxylation is 1. The number of furan rings is 1. The van der Waals surface area contributed by atoms with Crippen LogP contribution < -0.4 is 0 Å². The van der Waals surface area contributed by atoms with E-state index in [1.54, 1.807) is 0 Å². The van der Waals surface area contributed by atoms with Crippen molar-refractivity contribution in [3.05, 3.63) is 96.1 Å². The van der Waals surface area contributed by atoms with Crippen LogP contribution in [0.1, 0.15) is 31.9 Å². The molecule has 1 heteroatoms. The molecule has 0 fully saturated rings. The fourth-order valence-electron chi connectivity index (χ4n) is 4.60. The summed E-state index contributed by atoms with van der Waals surface area (Å²) in [6.45, 7) is 9.04. The Morgan fingerprint density at radius 1 is 0.633 bits per heavy atom. The Hall–Kier alpha value is -3.32. The van der Waals surface area contributed by atoms with Gasteiger partial charge >= 0.3 is 0 Å². The highest BCUT2D eigenvalue weighted by Gasteiger charge is 2.25. The molecular formula is C29H26O. The standard InChI is InChI=1S/C29H26O/c1-19-10-7-11-20(18-19)21-13-8-14-23(27(21)29(2,3)4)25-16-9-15-24-22-12-5-6-17-26(22)30-28(24)25/h5-18H,1-4H3. The summed E-state index contributed by atoms with van der Waals surface area (Å²) in [6, 6.07) is 30.2. The van der Waals surface area contributed by atoms with Gasteiger partial charge in [-0.2, -0.15) is 0 Å². The summed E-state index contributed by atoms with van der Waals surface area (Å²) in [5.41, 5.74) is 9.45. The second-order valence-electron chi connectivity index (χ2n) is 9.13. The molecule has 5 aromatic rings. The highest BCUT2D eigenvalue weighted by Crippen LogP contribution is 2.43. The zero-order chi connectivity index (χ0) is 20.9. The van der Waals surface area contributed by atoms with Crippen LogP contribution in [-0.4, -0.2) is 0 Å². The first kappa shape index (κ1) is 18.7. The fraction of sp³-hybridized carbons (Fsp3) is 0.172. The maximum absolute atomic E-state index is 6.37. The molecule has 0 radical (unpaired) electrons. The molecule has 0 spiro atoms. The molecule has 148 valence electrons. The lowest BCUT2D eigenvalue weighted by atomic mass is 9.77. The summed E-state index contributed by atoms with van der Waals surface area (Å²) in [5, 5.41) is 2.34. The van der Waals surface area contributed by atoms with Gasteiger partial charge in [0, 0.05) is 16.3 Å². The zero-order valence-corrected chi connectivity index (χ0v) is 18.0. The van der Waals surface area contributed by atoms with Gasteiger partial charge in [-0.3, -0.25) is 0 Å². The summed E-state index contributed by atoms with van der Waals surface area (Å²) in [5.74, 6) is 0. The van der Waals surface area contributed by atoms with Crippen LogP contribution in [-0.2, 0) is 5.41 Å². The van der Waals surface area contributed by atoms with Crippen LogP contribution in [0.25, 0.3) is 44.2 Å². The number of benzene rings is 4. The lowest BCUT2D eigenvalue weighted by molar-refractivity contribution is 0.593. The topological polar surface area (TPSA) is 13.1 Å². The van der Waals surface area contributed by atoms with Crippen molar-refractivity contribution in [3.8, 4) is 22.3 Å². The number of rotatable bonds is 2. The molecular weight excluding hydrogens is 364 g/mol. The fourth-order valence-corrected chi connectivity index (χ4v) is 4.60. The molecule has 0 saturated heterocycles. The molecule has 0 N–H and O–H groups in total. The predicted molar refractivity (Wildman–Crippen MR) is 128 cm³/mol. The minimum absolute atomic E-state index is 0.0240. The van der Waals surface area contributed by atoms with Crippen LogP contribution in [0.3, 0.4) is 0 Å². The summed E-state index contributed by atoms with van der Waals surface area (Å²) in [7, 11) is 0. The van der Waals surface area contributed by atoms with E-state index in [1.165, 1.54) is 38.6 Å². The Kier molecular flexibility index (Phi) is 4.29. The third-order valence-electron chi connectivity index (χ3n) is 5.84.